The second-order valence-corrected chi connectivity index (χ2v) is 2.91. The quantitative estimate of drug-likeness (QED) is 0.415. The Balaban J connectivity index is 3.47. The molecule has 0 unspecified atom stereocenters. The highest BCUT2D eigenvalue weighted by Gasteiger charge is 2.18. The first-order valence-corrected chi connectivity index (χ1v) is 3.89. The number of carbonyl (C=O) groups excluding carboxylic acids is 1. The molecule has 14 heavy (non-hydrogen) atoms. The highest BCUT2D eigenvalue weighted by Crippen LogP contribution is 2.23. The summed E-state index contributed by atoms with van der Waals surface area (Å²) in [5.41, 5.74) is -0.115. The van der Waals surface area contributed by atoms with Crippen LogP contribution in [0, 0.1) is 22.9 Å². The van der Waals surface area contributed by atoms with Gasteiger partial charge >= 0.3 is 0 Å². The van der Waals surface area contributed by atoms with Crippen LogP contribution in [-0.4, -0.2) is 10.7 Å². The Kier molecular flexibility index (Phi) is 2.60. The number of hydrogen-bond donors (Lipinski definition) is 0. The summed E-state index contributed by atoms with van der Waals surface area (Å²) in [7, 11) is 0. The van der Waals surface area contributed by atoms with Crippen LogP contribution in [0.3, 0.4) is 0 Å². The topological polar surface area (TPSA) is 60.2 Å². The highest BCUT2D eigenvalue weighted by atomic mass is 19.1. The first-order valence-electron chi connectivity index (χ1n) is 3.89. The van der Waals surface area contributed by atoms with Crippen LogP contribution in [0.5, 0.6) is 0 Å². The number of carbonyl (C=O) groups is 1. The van der Waals surface area contributed by atoms with E-state index in [1.807, 2.05) is 0 Å². The van der Waals surface area contributed by atoms with Gasteiger partial charge in [-0.1, -0.05) is 0 Å². The maximum Gasteiger partial charge on any atom is 0.275 e. The van der Waals surface area contributed by atoms with E-state index >= 15 is 0 Å². The van der Waals surface area contributed by atoms with E-state index in [4.69, 9.17) is 0 Å². The maximum atomic E-state index is 12.9. The molecule has 1 aromatic carbocycles. The molecule has 4 nitrogen and oxygen atoms in total. The predicted octanol–water partition coefficient (Wildman–Crippen LogP) is 2.24. The molecule has 0 fully saturated rings. The summed E-state index contributed by atoms with van der Waals surface area (Å²) in [6.07, 6.45) is 0. The fourth-order valence-corrected chi connectivity index (χ4v) is 1.22. The molecule has 0 aliphatic rings. The summed E-state index contributed by atoms with van der Waals surface area (Å²) < 4.78 is 12.9. The van der Waals surface area contributed by atoms with E-state index in [1.165, 1.54) is 13.8 Å². The fourth-order valence-electron chi connectivity index (χ4n) is 1.22. The third-order valence-corrected chi connectivity index (χ3v) is 1.92. The second kappa shape index (κ2) is 3.53. The number of hydrogen-bond acceptors (Lipinski definition) is 3. The number of nitro benzene ring substituents is 1. The Bertz CT molecular complexity index is 380. The van der Waals surface area contributed by atoms with Crippen LogP contribution in [0.2, 0.25) is 0 Å². The van der Waals surface area contributed by atoms with Crippen LogP contribution >= 0.6 is 0 Å². The van der Waals surface area contributed by atoms with E-state index in [0.717, 1.165) is 12.1 Å². The summed E-state index contributed by atoms with van der Waals surface area (Å²) in [5.74, 6) is -1.15. The van der Waals surface area contributed by atoms with Crippen molar-refractivity contribution < 1.29 is 14.1 Å². The average molecular weight is 197 g/mol. The Morgan fingerprint density at radius 3 is 2.50 bits per heavy atom. The predicted molar refractivity (Wildman–Crippen MR) is 47.8 cm³/mol. The molecule has 0 atom stereocenters. The number of rotatable bonds is 2. The molecule has 0 aliphatic carbocycles. The molecule has 1 rings (SSSR count). The molecule has 0 saturated heterocycles. The molecule has 0 N–H and O–H groups in total. The third kappa shape index (κ3) is 1.76. The van der Waals surface area contributed by atoms with E-state index in [-0.39, 0.29) is 22.6 Å². The molecule has 0 bridgehead atoms. The smallest absolute Gasteiger partial charge is 0.275 e. The minimum absolute atomic E-state index is 0.0525. The van der Waals surface area contributed by atoms with Gasteiger partial charge in [0, 0.05) is 11.1 Å². The van der Waals surface area contributed by atoms with Crippen LogP contribution < -0.4 is 0 Å². The summed E-state index contributed by atoms with van der Waals surface area (Å²) in [4.78, 5) is 20.8. The number of halogens is 1. The summed E-state index contributed by atoms with van der Waals surface area (Å²) in [5, 5.41) is 10.5. The minimum Gasteiger partial charge on any atom is -0.294 e. The van der Waals surface area contributed by atoms with Gasteiger partial charge in [0.1, 0.15) is 5.82 Å². The van der Waals surface area contributed by atoms with Crippen molar-refractivity contribution in [1.82, 2.24) is 0 Å². The van der Waals surface area contributed by atoms with E-state index < -0.39 is 10.7 Å². The van der Waals surface area contributed by atoms with Crippen molar-refractivity contribution in [1.29, 1.82) is 0 Å². The number of benzene rings is 1. The summed E-state index contributed by atoms with van der Waals surface area (Å²) in [6.45, 7) is 2.67. The SMILES string of the molecule is CC(=O)c1cc(F)cc([N+](=O)[O-])c1C. The number of Topliss-reactive ketones (excluding diaryl/α,β-unsaturated/α-hetero) is 1. The lowest BCUT2D eigenvalue weighted by Gasteiger charge is -2.02. The van der Waals surface area contributed by atoms with Gasteiger partial charge < -0.3 is 0 Å². The van der Waals surface area contributed by atoms with Crippen LogP contribution in [0.1, 0.15) is 22.8 Å². The van der Waals surface area contributed by atoms with Crippen molar-refractivity contribution >= 4 is 11.5 Å². The standard InChI is InChI=1S/C9H8FNO3/c1-5-8(6(2)12)3-7(10)4-9(5)11(13)14/h3-4H,1-2H3. The molecule has 0 aliphatic heterocycles. The van der Waals surface area contributed by atoms with Gasteiger partial charge in [-0.25, -0.2) is 4.39 Å². The Labute approximate surface area is 79.5 Å². The van der Waals surface area contributed by atoms with Gasteiger partial charge in [0.05, 0.1) is 11.0 Å². The van der Waals surface area contributed by atoms with Gasteiger partial charge in [0.2, 0.25) is 0 Å². The molecule has 0 spiro atoms. The van der Waals surface area contributed by atoms with Crippen LogP contribution in [0.15, 0.2) is 12.1 Å². The van der Waals surface area contributed by atoms with Crippen molar-refractivity contribution in [3.63, 3.8) is 0 Å². The number of nitro groups is 1. The lowest BCUT2D eigenvalue weighted by Crippen LogP contribution is -2.01. The minimum atomic E-state index is -0.771. The highest BCUT2D eigenvalue weighted by molar-refractivity contribution is 5.96. The van der Waals surface area contributed by atoms with E-state index in [2.05, 4.69) is 0 Å². The van der Waals surface area contributed by atoms with Crippen molar-refractivity contribution in [2.45, 2.75) is 13.8 Å². The third-order valence-electron chi connectivity index (χ3n) is 1.92. The lowest BCUT2D eigenvalue weighted by atomic mass is 10.0. The normalized spacial score (nSPS) is 9.93. The van der Waals surface area contributed by atoms with Gasteiger partial charge in [-0.3, -0.25) is 14.9 Å². The molecular formula is C9H8FNO3. The van der Waals surface area contributed by atoms with Crippen molar-refractivity contribution in [2.24, 2.45) is 0 Å². The summed E-state index contributed by atoms with van der Waals surface area (Å²) >= 11 is 0. The average Bonchev–Trinajstić information content (AvgIpc) is 2.07. The van der Waals surface area contributed by atoms with E-state index in [1.54, 1.807) is 0 Å². The summed E-state index contributed by atoms with van der Waals surface area (Å²) in [6, 6.07) is 1.81. The van der Waals surface area contributed by atoms with E-state index in [0.29, 0.717) is 0 Å². The Morgan fingerprint density at radius 1 is 1.50 bits per heavy atom. The molecule has 74 valence electrons. The second-order valence-electron chi connectivity index (χ2n) is 2.91. The zero-order valence-corrected chi connectivity index (χ0v) is 7.70. The van der Waals surface area contributed by atoms with Gasteiger partial charge in [-0.2, -0.15) is 0 Å². The van der Waals surface area contributed by atoms with Crippen molar-refractivity contribution in [3.05, 3.63) is 39.2 Å². The number of ketones is 1. The van der Waals surface area contributed by atoms with E-state index in [9.17, 15) is 19.3 Å². The molecule has 0 saturated carbocycles. The van der Waals surface area contributed by atoms with Gasteiger partial charge in [0.25, 0.3) is 5.69 Å². The zero-order chi connectivity index (χ0) is 10.9. The fraction of sp³-hybridized carbons (Fsp3) is 0.222. The first-order chi connectivity index (χ1) is 6.43. The molecule has 0 heterocycles. The van der Waals surface area contributed by atoms with Crippen LogP contribution in [-0.2, 0) is 0 Å². The van der Waals surface area contributed by atoms with Gasteiger partial charge in [-0.15, -0.1) is 0 Å². The van der Waals surface area contributed by atoms with Crippen LogP contribution in [0.4, 0.5) is 10.1 Å². The number of nitrogens with zero attached hydrogens (tertiary/aromatic N) is 1. The molecule has 0 aromatic heterocycles. The lowest BCUT2D eigenvalue weighted by molar-refractivity contribution is -0.385. The van der Waals surface area contributed by atoms with Crippen LogP contribution in [0.25, 0.3) is 0 Å². The monoisotopic (exact) mass is 197 g/mol. The zero-order valence-electron chi connectivity index (χ0n) is 7.70. The Morgan fingerprint density at radius 2 is 2.07 bits per heavy atom. The molecule has 1 aromatic rings. The molecule has 0 radical (unpaired) electrons. The molecular weight excluding hydrogens is 189 g/mol. The Hall–Kier alpha value is -1.78. The first kappa shape index (κ1) is 10.3. The van der Waals surface area contributed by atoms with Crippen molar-refractivity contribution in [2.75, 3.05) is 0 Å². The largest absolute Gasteiger partial charge is 0.294 e. The van der Waals surface area contributed by atoms with Gasteiger partial charge in [0.15, 0.2) is 5.78 Å². The molecule has 5 heteroatoms. The maximum absolute atomic E-state index is 12.9. The molecule has 0 amide bonds. The van der Waals surface area contributed by atoms with Gasteiger partial charge in [-0.05, 0) is 19.9 Å². The van der Waals surface area contributed by atoms with Crippen molar-refractivity contribution in [3.8, 4) is 0 Å².